The molecule has 1 fully saturated rings. The Bertz CT molecular complexity index is 331. The molecular formula is C15H25N3. The first kappa shape index (κ1) is 13.5. The van der Waals surface area contributed by atoms with E-state index in [1.807, 2.05) is 18.5 Å². The standard InChI is InChI=1S/C15H25N3/c1-3-12-6-8-13(9-7-12)14(16-4-2)15-17-10-5-11-18-15/h5,10-14,16H,3-4,6-9H2,1-2H3. The van der Waals surface area contributed by atoms with Gasteiger partial charge in [0.2, 0.25) is 0 Å². The van der Waals surface area contributed by atoms with Crippen molar-refractivity contribution >= 4 is 0 Å². The van der Waals surface area contributed by atoms with E-state index < -0.39 is 0 Å². The lowest BCUT2D eigenvalue weighted by molar-refractivity contribution is 0.215. The smallest absolute Gasteiger partial charge is 0.145 e. The van der Waals surface area contributed by atoms with Crippen LogP contribution in [0.4, 0.5) is 0 Å². The van der Waals surface area contributed by atoms with Gasteiger partial charge in [0.1, 0.15) is 5.82 Å². The molecule has 0 aromatic carbocycles. The van der Waals surface area contributed by atoms with Gasteiger partial charge in [-0.05, 0) is 37.3 Å². The topological polar surface area (TPSA) is 37.8 Å². The molecule has 1 unspecified atom stereocenters. The van der Waals surface area contributed by atoms with E-state index in [0.29, 0.717) is 12.0 Å². The van der Waals surface area contributed by atoms with Crippen molar-refractivity contribution in [3.05, 3.63) is 24.3 Å². The van der Waals surface area contributed by atoms with Crippen LogP contribution in [0.1, 0.15) is 57.8 Å². The minimum atomic E-state index is 0.342. The highest BCUT2D eigenvalue weighted by Gasteiger charge is 2.28. The minimum Gasteiger partial charge on any atom is -0.307 e. The molecule has 0 bridgehead atoms. The van der Waals surface area contributed by atoms with Gasteiger partial charge in [-0.25, -0.2) is 9.97 Å². The summed E-state index contributed by atoms with van der Waals surface area (Å²) < 4.78 is 0. The zero-order valence-electron chi connectivity index (χ0n) is 11.6. The van der Waals surface area contributed by atoms with Gasteiger partial charge in [0.15, 0.2) is 0 Å². The summed E-state index contributed by atoms with van der Waals surface area (Å²) in [4.78, 5) is 8.88. The van der Waals surface area contributed by atoms with Crippen molar-refractivity contribution in [3.63, 3.8) is 0 Å². The van der Waals surface area contributed by atoms with E-state index in [1.54, 1.807) is 0 Å². The average Bonchev–Trinajstić information content (AvgIpc) is 2.46. The van der Waals surface area contributed by atoms with Crippen molar-refractivity contribution in [1.82, 2.24) is 15.3 Å². The molecule has 0 spiro atoms. The van der Waals surface area contributed by atoms with Crippen molar-refractivity contribution in [3.8, 4) is 0 Å². The van der Waals surface area contributed by atoms with Gasteiger partial charge in [0.05, 0.1) is 6.04 Å². The van der Waals surface area contributed by atoms with E-state index in [-0.39, 0.29) is 0 Å². The SMILES string of the molecule is CCNC(c1ncccn1)C1CCC(CC)CC1. The van der Waals surface area contributed by atoms with Crippen molar-refractivity contribution in [2.75, 3.05) is 6.54 Å². The van der Waals surface area contributed by atoms with Gasteiger partial charge in [-0.15, -0.1) is 0 Å². The molecule has 1 aliphatic rings. The van der Waals surface area contributed by atoms with Crippen LogP contribution >= 0.6 is 0 Å². The number of nitrogens with zero attached hydrogens (tertiary/aromatic N) is 2. The van der Waals surface area contributed by atoms with E-state index in [2.05, 4.69) is 29.1 Å². The van der Waals surface area contributed by atoms with Gasteiger partial charge in [-0.3, -0.25) is 0 Å². The lowest BCUT2D eigenvalue weighted by Crippen LogP contribution is -2.32. The lowest BCUT2D eigenvalue weighted by Gasteiger charge is -2.33. The normalized spacial score (nSPS) is 25.9. The number of rotatable bonds is 5. The Balaban J connectivity index is 2.02. The zero-order chi connectivity index (χ0) is 12.8. The van der Waals surface area contributed by atoms with Gasteiger partial charge >= 0.3 is 0 Å². The first-order valence-electron chi connectivity index (χ1n) is 7.35. The Morgan fingerprint density at radius 3 is 2.39 bits per heavy atom. The van der Waals surface area contributed by atoms with Crippen LogP contribution in [0.15, 0.2) is 18.5 Å². The summed E-state index contributed by atoms with van der Waals surface area (Å²) in [6.07, 6.45) is 10.4. The summed E-state index contributed by atoms with van der Waals surface area (Å²) >= 11 is 0. The molecule has 3 heteroatoms. The van der Waals surface area contributed by atoms with Crippen LogP contribution in [0.3, 0.4) is 0 Å². The molecular weight excluding hydrogens is 222 g/mol. The summed E-state index contributed by atoms with van der Waals surface area (Å²) in [5.41, 5.74) is 0. The van der Waals surface area contributed by atoms with E-state index in [0.717, 1.165) is 18.3 Å². The van der Waals surface area contributed by atoms with E-state index in [9.17, 15) is 0 Å². The van der Waals surface area contributed by atoms with E-state index >= 15 is 0 Å². The monoisotopic (exact) mass is 247 g/mol. The molecule has 1 atom stereocenters. The molecule has 1 N–H and O–H groups in total. The second kappa shape index (κ2) is 6.83. The molecule has 18 heavy (non-hydrogen) atoms. The van der Waals surface area contributed by atoms with Gasteiger partial charge < -0.3 is 5.32 Å². The van der Waals surface area contributed by atoms with Gasteiger partial charge in [0, 0.05) is 12.4 Å². The highest BCUT2D eigenvalue weighted by Crippen LogP contribution is 2.36. The number of hydrogen-bond donors (Lipinski definition) is 1. The zero-order valence-corrected chi connectivity index (χ0v) is 11.6. The second-order valence-corrected chi connectivity index (χ2v) is 5.33. The molecule has 0 saturated heterocycles. The Morgan fingerprint density at radius 2 is 1.83 bits per heavy atom. The van der Waals surface area contributed by atoms with Crippen molar-refractivity contribution in [2.45, 2.75) is 52.0 Å². The summed E-state index contributed by atoms with van der Waals surface area (Å²) in [6, 6.07) is 2.23. The fraction of sp³-hybridized carbons (Fsp3) is 0.733. The molecule has 0 aliphatic heterocycles. The summed E-state index contributed by atoms with van der Waals surface area (Å²) in [5, 5.41) is 3.58. The summed E-state index contributed by atoms with van der Waals surface area (Å²) in [5.74, 6) is 2.62. The highest BCUT2D eigenvalue weighted by atomic mass is 15.0. The molecule has 1 heterocycles. The van der Waals surface area contributed by atoms with Crippen molar-refractivity contribution < 1.29 is 0 Å². The molecule has 0 radical (unpaired) electrons. The molecule has 1 saturated carbocycles. The molecule has 1 aromatic rings. The number of hydrogen-bond acceptors (Lipinski definition) is 3. The van der Waals surface area contributed by atoms with E-state index in [4.69, 9.17) is 0 Å². The second-order valence-electron chi connectivity index (χ2n) is 5.33. The Morgan fingerprint density at radius 1 is 1.17 bits per heavy atom. The van der Waals surface area contributed by atoms with Crippen molar-refractivity contribution in [1.29, 1.82) is 0 Å². The maximum absolute atomic E-state index is 4.44. The Hall–Kier alpha value is -0.960. The maximum atomic E-state index is 4.44. The van der Waals surface area contributed by atoms with Crippen LogP contribution in [0, 0.1) is 11.8 Å². The number of aromatic nitrogens is 2. The Kier molecular flexibility index (Phi) is 5.12. The maximum Gasteiger partial charge on any atom is 0.145 e. The predicted octanol–water partition coefficient (Wildman–Crippen LogP) is 3.34. The van der Waals surface area contributed by atoms with Gasteiger partial charge in [-0.2, -0.15) is 0 Å². The fourth-order valence-corrected chi connectivity index (χ4v) is 3.09. The van der Waals surface area contributed by atoms with Crippen LogP contribution in [-0.2, 0) is 0 Å². The quantitative estimate of drug-likeness (QED) is 0.867. The molecule has 1 aromatic heterocycles. The third kappa shape index (κ3) is 3.29. The first-order chi connectivity index (χ1) is 8.85. The third-order valence-electron chi connectivity index (χ3n) is 4.23. The first-order valence-corrected chi connectivity index (χ1v) is 7.35. The molecule has 3 nitrogen and oxygen atoms in total. The average molecular weight is 247 g/mol. The third-order valence-corrected chi connectivity index (χ3v) is 4.23. The van der Waals surface area contributed by atoms with Crippen LogP contribution < -0.4 is 5.32 Å². The van der Waals surface area contributed by atoms with Gasteiger partial charge in [-0.1, -0.05) is 33.1 Å². The largest absolute Gasteiger partial charge is 0.307 e. The lowest BCUT2D eigenvalue weighted by atomic mass is 9.77. The van der Waals surface area contributed by atoms with Crippen LogP contribution in [-0.4, -0.2) is 16.5 Å². The molecule has 1 aliphatic carbocycles. The van der Waals surface area contributed by atoms with Crippen LogP contribution in [0.5, 0.6) is 0 Å². The molecule has 2 rings (SSSR count). The predicted molar refractivity (Wildman–Crippen MR) is 74.2 cm³/mol. The molecule has 0 amide bonds. The van der Waals surface area contributed by atoms with Gasteiger partial charge in [0.25, 0.3) is 0 Å². The van der Waals surface area contributed by atoms with Crippen molar-refractivity contribution in [2.24, 2.45) is 11.8 Å². The highest BCUT2D eigenvalue weighted by molar-refractivity contribution is 4.99. The minimum absolute atomic E-state index is 0.342. The fourth-order valence-electron chi connectivity index (χ4n) is 3.09. The summed E-state index contributed by atoms with van der Waals surface area (Å²) in [6.45, 7) is 5.46. The number of nitrogens with one attached hydrogen (secondary N) is 1. The van der Waals surface area contributed by atoms with E-state index in [1.165, 1.54) is 32.1 Å². The summed E-state index contributed by atoms with van der Waals surface area (Å²) in [7, 11) is 0. The van der Waals surface area contributed by atoms with Crippen LogP contribution in [0.25, 0.3) is 0 Å². The Labute approximate surface area is 110 Å². The van der Waals surface area contributed by atoms with Crippen LogP contribution in [0.2, 0.25) is 0 Å². The molecule has 100 valence electrons.